The first-order valence-corrected chi connectivity index (χ1v) is 12.3. The monoisotopic (exact) mass is 485 g/mol. The molecular formula is C27H23N3O4S. The van der Waals surface area contributed by atoms with Gasteiger partial charge in [0.1, 0.15) is 12.4 Å². The van der Waals surface area contributed by atoms with E-state index < -0.39 is 15.9 Å². The zero-order chi connectivity index (χ0) is 24.5. The Bertz CT molecular complexity index is 1410. The zero-order valence-corrected chi connectivity index (χ0v) is 19.5. The zero-order valence-electron chi connectivity index (χ0n) is 18.7. The van der Waals surface area contributed by atoms with Gasteiger partial charge in [-0.25, -0.2) is 13.8 Å². The van der Waals surface area contributed by atoms with Crippen LogP contribution in [-0.2, 0) is 16.6 Å². The highest BCUT2D eigenvalue weighted by Gasteiger charge is 2.13. The van der Waals surface area contributed by atoms with Crippen LogP contribution in [0.4, 0.5) is 5.69 Å². The predicted molar refractivity (Wildman–Crippen MR) is 136 cm³/mol. The first-order chi connectivity index (χ1) is 17.0. The lowest BCUT2D eigenvalue weighted by Crippen LogP contribution is -2.18. The number of hydrogen-bond donors (Lipinski definition) is 2. The van der Waals surface area contributed by atoms with Crippen LogP contribution in [0.2, 0.25) is 0 Å². The van der Waals surface area contributed by atoms with Crippen molar-refractivity contribution in [2.24, 2.45) is 5.10 Å². The van der Waals surface area contributed by atoms with Crippen LogP contribution in [0.1, 0.15) is 21.5 Å². The van der Waals surface area contributed by atoms with E-state index in [2.05, 4.69) is 15.2 Å². The van der Waals surface area contributed by atoms with E-state index in [1.54, 1.807) is 18.2 Å². The highest BCUT2D eigenvalue weighted by Crippen LogP contribution is 2.17. The average Bonchev–Trinajstić information content (AvgIpc) is 2.89. The molecule has 0 aliphatic rings. The summed E-state index contributed by atoms with van der Waals surface area (Å²) in [7, 11) is -3.70. The number of nitrogens with zero attached hydrogens (tertiary/aromatic N) is 1. The fourth-order valence-electron chi connectivity index (χ4n) is 3.16. The number of hydrazone groups is 1. The van der Waals surface area contributed by atoms with E-state index in [9.17, 15) is 13.2 Å². The van der Waals surface area contributed by atoms with Crippen LogP contribution in [0, 0.1) is 0 Å². The number of carbonyl (C=O) groups is 1. The van der Waals surface area contributed by atoms with E-state index in [-0.39, 0.29) is 4.90 Å². The van der Waals surface area contributed by atoms with E-state index in [0.717, 1.165) is 11.1 Å². The summed E-state index contributed by atoms with van der Waals surface area (Å²) in [5, 5.41) is 4.01. The smallest absolute Gasteiger partial charge is 0.271 e. The molecule has 176 valence electrons. The molecule has 0 heterocycles. The Hall–Kier alpha value is -4.43. The molecule has 0 spiro atoms. The van der Waals surface area contributed by atoms with Crippen LogP contribution < -0.4 is 14.9 Å². The summed E-state index contributed by atoms with van der Waals surface area (Å²) < 4.78 is 33.1. The van der Waals surface area contributed by atoms with Gasteiger partial charge in [0.05, 0.1) is 11.1 Å². The number of ether oxygens (including phenoxy) is 1. The molecule has 4 aromatic carbocycles. The fraction of sp³-hybridized carbons (Fsp3) is 0.0370. The molecule has 0 aliphatic carbocycles. The van der Waals surface area contributed by atoms with Gasteiger partial charge in [-0.05, 0) is 59.7 Å². The molecule has 0 aliphatic heterocycles. The lowest BCUT2D eigenvalue weighted by atomic mass is 10.2. The van der Waals surface area contributed by atoms with Gasteiger partial charge in [0, 0.05) is 11.3 Å². The Morgan fingerprint density at radius 1 is 0.829 bits per heavy atom. The Kier molecular flexibility index (Phi) is 7.54. The van der Waals surface area contributed by atoms with Crippen LogP contribution >= 0.6 is 0 Å². The molecule has 0 saturated carbocycles. The molecule has 0 radical (unpaired) electrons. The molecular weight excluding hydrogens is 462 g/mol. The summed E-state index contributed by atoms with van der Waals surface area (Å²) in [6.07, 6.45) is 1.52. The molecule has 4 rings (SSSR count). The molecule has 0 unspecified atom stereocenters. The molecule has 4 aromatic rings. The predicted octanol–water partition coefficient (Wildman–Crippen LogP) is 4.83. The van der Waals surface area contributed by atoms with Crippen molar-refractivity contribution in [3.8, 4) is 5.75 Å². The van der Waals surface area contributed by atoms with Gasteiger partial charge in [0.15, 0.2) is 0 Å². The third-order valence-electron chi connectivity index (χ3n) is 4.94. The molecule has 8 heteroatoms. The maximum absolute atomic E-state index is 12.4. The molecule has 0 fully saturated rings. The molecule has 35 heavy (non-hydrogen) atoms. The minimum absolute atomic E-state index is 0.158. The lowest BCUT2D eigenvalue weighted by molar-refractivity contribution is 0.0955. The lowest BCUT2D eigenvalue weighted by Gasteiger charge is -2.08. The summed E-state index contributed by atoms with van der Waals surface area (Å²) in [5.74, 6) is 0.271. The minimum atomic E-state index is -3.70. The van der Waals surface area contributed by atoms with Crippen LogP contribution in [0.25, 0.3) is 0 Å². The van der Waals surface area contributed by atoms with Crippen molar-refractivity contribution in [1.82, 2.24) is 5.43 Å². The molecule has 1 amide bonds. The maximum atomic E-state index is 12.4. The highest BCUT2D eigenvalue weighted by atomic mass is 32.2. The fourth-order valence-corrected chi connectivity index (χ4v) is 4.24. The van der Waals surface area contributed by atoms with Gasteiger partial charge in [-0.2, -0.15) is 5.10 Å². The van der Waals surface area contributed by atoms with Crippen molar-refractivity contribution in [2.75, 3.05) is 4.72 Å². The first kappa shape index (κ1) is 23.7. The van der Waals surface area contributed by atoms with Crippen molar-refractivity contribution < 1.29 is 17.9 Å². The molecule has 0 saturated heterocycles. The third-order valence-corrected chi connectivity index (χ3v) is 6.34. The summed E-state index contributed by atoms with van der Waals surface area (Å²) in [6, 6.07) is 31.4. The second-order valence-electron chi connectivity index (χ2n) is 7.54. The van der Waals surface area contributed by atoms with Crippen LogP contribution in [0.3, 0.4) is 0 Å². The maximum Gasteiger partial charge on any atom is 0.271 e. The summed E-state index contributed by atoms with van der Waals surface area (Å²) >= 11 is 0. The number of carbonyl (C=O) groups excluding carboxylic acids is 1. The van der Waals surface area contributed by atoms with Gasteiger partial charge in [-0.1, -0.05) is 60.7 Å². The van der Waals surface area contributed by atoms with Crippen LogP contribution in [-0.4, -0.2) is 20.5 Å². The number of benzene rings is 4. The molecule has 0 bridgehead atoms. The molecule has 7 nitrogen and oxygen atoms in total. The normalized spacial score (nSPS) is 11.2. The molecule has 0 aromatic heterocycles. The second kappa shape index (κ2) is 11.1. The number of anilines is 1. The van der Waals surface area contributed by atoms with Crippen molar-refractivity contribution in [2.45, 2.75) is 11.5 Å². The quantitative estimate of drug-likeness (QED) is 0.262. The number of nitrogens with one attached hydrogen (secondary N) is 2. The summed E-state index contributed by atoms with van der Waals surface area (Å²) in [5.41, 5.74) is 4.99. The van der Waals surface area contributed by atoms with E-state index in [1.165, 1.54) is 42.6 Å². The van der Waals surface area contributed by atoms with Gasteiger partial charge in [-0.3, -0.25) is 9.52 Å². The van der Waals surface area contributed by atoms with Gasteiger partial charge in [0.25, 0.3) is 15.9 Å². The van der Waals surface area contributed by atoms with Crippen molar-refractivity contribution in [3.63, 3.8) is 0 Å². The van der Waals surface area contributed by atoms with E-state index in [4.69, 9.17) is 4.74 Å². The molecule has 2 N–H and O–H groups in total. The van der Waals surface area contributed by atoms with Crippen molar-refractivity contribution >= 4 is 27.8 Å². The largest absolute Gasteiger partial charge is 0.489 e. The topological polar surface area (TPSA) is 96.9 Å². The van der Waals surface area contributed by atoms with Crippen LogP contribution in [0.15, 0.2) is 119 Å². The second-order valence-corrected chi connectivity index (χ2v) is 9.22. The Morgan fingerprint density at radius 3 is 2.23 bits per heavy atom. The van der Waals surface area contributed by atoms with Gasteiger partial charge in [-0.15, -0.1) is 0 Å². The minimum Gasteiger partial charge on any atom is -0.489 e. The number of amides is 1. The van der Waals surface area contributed by atoms with E-state index in [0.29, 0.717) is 23.6 Å². The summed E-state index contributed by atoms with van der Waals surface area (Å²) in [6.45, 7) is 0.454. The van der Waals surface area contributed by atoms with E-state index >= 15 is 0 Å². The van der Waals surface area contributed by atoms with Crippen LogP contribution in [0.5, 0.6) is 5.75 Å². The average molecular weight is 486 g/mol. The third kappa shape index (κ3) is 6.78. The highest BCUT2D eigenvalue weighted by molar-refractivity contribution is 7.92. The van der Waals surface area contributed by atoms with E-state index in [1.807, 2.05) is 54.6 Å². The van der Waals surface area contributed by atoms with Gasteiger partial charge >= 0.3 is 0 Å². The Morgan fingerprint density at radius 2 is 1.51 bits per heavy atom. The van der Waals surface area contributed by atoms with Crippen molar-refractivity contribution in [1.29, 1.82) is 0 Å². The SMILES string of the molecule is O=C(NN=Cc1cccc(OCc2ccccc2)c1)c1ccc(NS(=O)(=O)c2ccccc2)cc1. The van der Waals surface area contributed by atoms with Crippen molar-refractivity contribution in [3.05, 3.63) is 126 Å². The standard InChI is InChI=1S/C27H23N3O4S/c31-27(23-14-16-24(17-15-23)30-35(32,33)26-12-5-2-6-13-26)29-28-19-22-10-7-11-25(18-22)34-20-21-8-3-1-4-9-21/h1-19,30H,20H2,(H,29,31). The molecule has 0 atom stereocenters. The number of hydrogen-bond acceptors (Lipinski definition) is 5. The van der Waals surface area contributed by atoms with Gasteiger partial charge < -0.3 is 4.74 Å². The number of sulfonamides is 1. The summed E-state index contributed by atoms with van der Waals surface area (Å²) in [4.78, 5) is 12.5. The Balaban J connectivity index is 1.32. The number of rotatable bonds is 9. The Labute approximate surface area is 204 Å². The van der Waals surface area contributed by atoms with Gasteiger partial charge in [0.2, 0.25) is 0 Å². The first-order valence-electron chi connectivity index (χ1n) is 10.8.